The lowest BCUT2D eigenvalue weighted by molar-refractivity contribution is -0.128. The summed E-state index contributed by atoms with van der Waals surface area (Å²) in [5, 5.41) is 8.25. The van der Waals surface area contributed by atoms with Crippen molar-refractivity contribution in [3.8, 4) is 22.8 Å². The van der Waals surface area contributed by atoms with Crippen molar-refractivity contribution in [1.82, 2.24) is 39.3 Å². The molecule has 13 nitrogen and oxygen atoms in total. The number of carbonyl (C=O) groups excluding carboxylic acids is 2. The number of hydrogen-bond acceptors (Lipinski definition) is 9. The largest absolute Gasteiger partial charge is 0.444 e. The highest BCUT2D eigenvalue weighted by Gasteiger charge is 2.27. The molecule has 16 heteroatoms. The summed E-state index contributed by atoms with van der Waals surface area (Å²) >= 11 is 5.57. The third-order valence-electron chi connectivity index (χ3n) is 7.99. The molecule has 0 N–H and O–H groups in total. The molecule has 0 bridgehead atoms. The van der Waals surface area contributed by atoms with Crippen molar-refractivity contribution >= 4 is 35.0 Å². The Bertz CT molecular complexity index is 1760. The van der Waals surface area contributed by atoms with Gasteiger partial charge in [0.1, 0.15) is 35.8 Å². The Hall–Kier alpha value is -4.79. The summed E-state index contributed by atoms with van der Waals surface area (Å²) in [6.07, 6.45) is 2.77. The number of aromatic nitrogens is 6. The summed E-state index contributed by atoms with van der Waals surface area (Å²) in [4.78, 5) is 39.4. The van der Waals surface area contributed by atoms with Gasteiger partial charge < -0.3 is 24.3 Å². The number of carbonyl (C=O) groups is 2. The molecule has 4 heterocycles. The van der Waals surface area contributed by atoms with Gasteiger partial charge in [0, 0.05) is 77.8 Å². The van der Waals surface area contributed by atoms with Crippen LogP contribution in [0.25, 0.3) is 22.8 Å². The van der Waals surface area contributed by atoms with Gasteiger partial charge in [0.25, 0.3) is 0 Å². The molecule has 2 aromatic heterocycles. The van der Waals surface area contributed by atoms with Crippen LogP contribution in [0.1, 0.15) is 20.8 Å². The van der Waals surface area contributed by atoms with Crippen molar-refractivity contribution in [3.63, 3.8) is 0 Å². The maximum absolute atomic E-state index is 14.5. The van der Waals surface area contributed by atoms with Gasteiger partial charge >= 0.3 is 6.09 Å². The number of piperazine rings is 2. The third-order valence-corrected chi connectivity index (χ3v) is 8.22. The normalized spacial score (nSPS) is 15.2. The van der Waals surface area contributed by atoms with Crippen LogP contribution in [-0.4, -0.2) is 115 Å². The quantitative estimate of drug-likeness (QED) is 0.283. The van der Waals surface area contributed by atoms with Gasteiger partial charge in [0.15, 0.2) is 11.6 Å². The molecule has 0 unspecified atom stereocenters. The molecule has 262 valence electrons. The number of nitrogens with zero attached hydrogens (tertiary/aromatic N) is 10. The predicted octanol–water partition coefficient (Wildman–Crippen LogP) is 4.19. The first-order chi connectivity index (χ1) is 23.3. The molecule has 2 amide bonds. The minimum Gasteiger partial charge on any atom is -0.444 e. The van der Waals surface area contributed by atoms with E-state index in [0.717, 1.165) is 11.4 Å². The van der Waals surface area contributed by atoms with E-state index in [1.165, 1.54) is 23.1 Å². The molecule has 49 heavy (non-hydrogen) atoms. The fourth-order valence-corrected chi connectivity index (χ4v) is 5.63. The number of hydrogen-bond donors (Lipinski definition) is 0. The summed E-state index contributed by atoms with van der Waals surface area (Å²) in [6, 6.07) is 10.1. The molecule has 0 atom stereocenters. The van der Waals surface area contributed by atoms with Crippen LogP contribution in [0.2, 0.25) is 0 Å². The van der Waals surface area contributed by atoms with Crippen molar-refractivity contribution < 1.29 is 23.1 Å². The lowest BCUT2D eigenvalue weighted by atomic mass is 10.1. The zero-order chi connectivity index (χ0) is 35.3. The van der Waals surface area contributed by atoms with Crippen molar-refractivity contribution in [1.29, 1.82) is 0 Å². The maximum Gasteiger partial charge on any atom is 0.410 e. The Morgan fingerprint density at radius 2 is 1.16 bits per heavy atom. The standard InChI is InChI=1S/C18H24FN5O2.C15H17ClFN5O/c1-18(2,3)26-17(25)24-9-7-23(8-10-24)13-5-6-14(15(19)11-13)16-20-12-22(4)21-16;1-20-10-18-15(19-20)12-3-2-11(8-13(12)17)21-4-6-22(7-5-21)14(23)9-16/h5-6,11-12H,7-10H2,1-4H3;2-3,8,10H,4-7,9H2,1H3. The van der Waals surface area contributed by atoms with E-state index >= 15 is 0 Å². The number of amides is 2. The summed E-state index contributed by atoms with van der Waals surface area (Å²) in [6.45, 7) is 10.4. The van der Waals surface area contributed by atoms with Crippen LogP contribution < -0.4 is 9.80 Å². The first-order valence-corrected chi connectivity index (χ1v) is 16.5. The Morgan fingerprint density at radius 3 is 1.51 bits per heavy atom. The molecular weight excluding hydrogens is 658 g/mol. The number of benzene rings is 2. The Kier molecular flexibility index (Phi) is 11.0. The van der Waals surface area contributed by atoms with Crippen molar-refractivity contribution in [3.05, 3.63) is 60.7 Å². The number of rotatable bonds is 5. The van der Waals surface area contributed by atoms with Gasteiger partial charge in [0.05, 0.1) is 11.1 Å². The number of aryl methyl sites for hydroxylation is 2. The second kappa shape index (κ2) is 15.2. The van der Waals surface area contributed by atoms with Crippen LogP contribution in [0, 0.1) is 11.6 Å². The van der Waals surface area contributed by atoms with Crippen LogP contribution >= 0.6 is 11.6 Å². The SMILES string of the molecule is Cn1cnc(-c2ccc(N3CCN(C(=O)CCl)CC3)cc2F)n1.Cn1cnc(-c2ccc(N3CCN(C(=O)OC(C)(C)C)CC3)cc2F)n1. The van der Waals surface area contributed by atoms with Crippen LogP contribution in [0.4, 0.5) is 25.0 Å². The second-order valence-electron chi connectivity index (χ2n) is 12.8. The van der Waals surface area contributed by atoms with E-state index in [-0.39, 0.29) is 29.5 Å². The molecule has 2 fully saturated rings. The summed E-state index contributed by atoms with van der Waals surface area (Å²) < 4.78 is 37.3. The molecular formula is C33H41ClF2N10O3. The van der Waals surface area contributed by atoms with E-state index < -0.39 is 5.60 Å². The highest BCUT2D eigenvalue weighted by atomic mass is 35.5. The highest BCUT2D eigenvalue weighted by Crippen LogP contribution is 2.27. The van der Waals surface area contributed by atoms with Gasteiger partial charge in [-0.15, -0.1) is 11.6 Å². The fourth-order valence-electron chi connectivity index (χ4n) is 5.46. The van der Waals surface area contributed by atoms with Gasteiger partial charge in [-0.3, -0.25) is 14.2 Å². The van der Waals surface area contributed by atoms with Gasteiger partial charge in [-0.25, -0.2) is 23.5 Å². The second-order valence-corrected chi connectivity index (χ2v) is 13.0. The van der Waals surface area contributed by atoms with Crippen molar-refractivity contribution in [2.45, 2.75) is 26.4 Å². The first kappa shape index (κ1) is 35.5. The molecule has 4 aromatic rings. The van der Waals surface area contributed by atoms with Gasteiger partial charge in [-0.2, -0.15) is 10.2 Å². The van der Waals surface area contributed by atoms with Gasteiger partial charge in [-0.05, 0) is 57.2 Å². The maximum atomic E-state index is 14.5. The molecule has 2 saturated heterocycles. The number of halogens is 3. The molecule has 6 rings (SSSR count). The van der Waals surface area contributed by atoms with E-state index in [9.17, 15) is 18.4 Å². The minimum atomic E-state index is -0.507. The van der Waals surface area contributed by atoms with E-state index in [1.54, 1.807) is 47.0 Å². The van der Waals surface area contributed by atoms with Crippen LogP contribution in [0.15, 0.2) is 49.1 Å². The predicted molar refractivity (Wildman–Crippen MR) is 182 cm³/mol. The Balaban J connectivity index is 0.000000192. The molecule has 2 aromatic carbocycles. The Labute approximate surface area is 289 Å². The smallest absolute Gasteiger partial charge is 0.410 e. The lowest BCUT2D eigenvalue weighted by Gasteiger charge is -2.36. The van der Waals surface area contributed by atoms with E-state index in [0.29, 0.717) is 75.1 Å². The van der Waals surface area contributed by atoms with E-state index in [2.05, 4.69) is 30.0 Å². The number of anilines is 2. The summed E-state index contributed by atoms with van der Waals surface area (Å²) in [7, 11) is 3.48. The third kappa shape index (κ3) is 9.02. The Morgan fingerprint density at radius 1 is 0.735 bits per heavy atom. The van der Waals surface area contributed by atoms with Gasteiger partial charge in [-0.1, -0.05) is 0 Å². The number of alkyl halides is 1. The summed E-state index contributed by atoms with van der Waals surface area (Å²) in [5.41, 5.74) is 1.82. The molecule has 0 saturated carbocycles. The first-order valence-electron chi connectivity index (χ1n) is 15.9. The summed E-state index contributed by atoms with van der Waals surface area (Å²) in [5.74, 6) is -0.0360. The van der Waals surface area contributed by atoms with Gasteiger partial charge in [0.2, 0.25) is 5.91 Å². The highest BCUT2D eigenvalue weighted by molar-refractivity contribution is 6.27. The zero-order valence-electron chi connectivity index (χ0n) is 28.3. The van der Waals surface area contributed by atoms with Crippen LogP contribution in [0.3, 0.4) is 0 Å². The molecule has 0 spiro atoms. The van der Waals surface area contributed by atoms with Crippen molar-refractivity contribution in [2.24, 2.45) is 14.1 Å². The monoisotopic (exact) mass is 698 g/mol. The molecule has 2 aliphatic rings. The molecule has 0 radical (unpaired) electrons. The fraction of sp³-hybridized carbons (Fsp3) is 0.455. The topological polar surface area (TPSA) is 118 Å². The average molecular weight is 699 g/mol. The lowest BCUT2D eigenvalue weighted by Crippen LogP contribution is -2.50. The van der Waals surface area contributed by atoms with E-state index in [4.69, 9.17) is 16.3 Å². The van der Waals surface area contributed by atoms with Crippen LogP contribution in [0.5, 0.6) is 0 Å². The minimum absolute atomic E-state index is 0.000398. The zero-order valence-corrected chi connectivity index (χ0v) is 29.1. The van der Waals surface area contributed by atoms with Crippen molar-refractivity contribution in [2.75, 3.05) is 68.0 Å². The number of ether oxygens (including phenoxy) is 1. The molecule has 2 aliphatic heterocycles. The van der Waals surface area contributed by atoms with Crippen LogP contribution in [-0.2, 0) is 23.6 Å². The average Bonchev–Trinajstić information content (AvgIpc) is 3.71. The van der Waals surface area contributed by atoms with E-state index in [1.807, 2.05) is 32.9 Å². The molecule has 0 aliphatic carbocycles.